The lowest BCUT2D eigenvalue weighted by molar-refractivity contribution is -0.120. The number of rotatable bonds is 13. The molecular formula is C32H38N4O2S. The lowest BCUT2D eigenvalue weighted by atomic mass is 10.1. The summed E-state index contributed by atoms with van der Waals surface area (Å²) in [7, 11) is 0. The highest BCUT2D eigenvalue weighted by Crippen LogP contribution is 2.35. The lowest BCUT2D eigenvalue weighted by Gasteiger charge is -2.26. The van der Waals surface area contributed by atoms with Crippen LogP contribution in [-0.4, -0.2) is 67.3 Å². The smallest absolute Gasteiger partial charge is 0.239 e. The van der Waals surface area contributed by atoms with E-state index < -0.39 is 0 Å². The molecule has 1 fully saturated rings. The van der Waals surface area contributed by atoms with Crippen molar-refractivity contribution in [3.63, 3.8) is 0 Å². The molecule has 0 aliphatic carbocycles. The second-order valence-corrected chi connectivity index (χ2v) is 11.5. The van der Waals surface area contributed by atoms with E-state index in [1.54, 1.807) is 11.8 Å². The topological polar surface area (TPSA) is 55.9 Å². The number of anilines is 1. The van der Waals surface area contributed by atoms with E-state index in [9.17, 15) is 9.59 Å². The predicted molar refractivity (Wildman–Crippen MR) is 158 cm³/mol. The number of nitrogens with zero attached hydrogens (tertiary/aromatic N) is 3. The Hall–Kier alpha value is -3.13. The molecule has 3 aromatic rings. The van der Waals surface area contributed by atoms with Crippen LogP contribution in [0.2, 0.25) is 0 Å². The third-order valence-corrected chi connectivity index (χ3v) is 8.51. The largest absolute Gasteiger partial charge is 0.354 e. The van der Waals surface area contributed by atoms with Crippen LogP contribution in [-0.2, 0) is 22.7 Å². The number of nitrogens with one attached hydrogen (secondary N) is 1. The molecule has 5 rings (SSSR count). The van der Waals surface area contributed by atoms with Gasteiger partial charge in [-0.2, -0.15) is 0 Å². The zero-order valence-electron chi connectivity index (χ0n) is 22.6. The molecule has 7 heteroatoms. The first-order valence-electron chi connectivity index (χ1n) is 14.0. The predicted octanol–water partition coefficient (Wildman–Crippen LogP) is 4.83. The Morgan fingerprint density at radius 3 is 2.18 bits per heavy atom. The summed E-state index contributed by atoms with van der Waals surface area (Å²) in [5.41, 5.74) is 3.62. The summed E-state index contributed by atoms with van der Waals surface area (Å²) in [6.45, 7) is 6.63. The highest BCUT2D eigenvalue weighted by Gasteiger charge is 2.22. The highest BCUT2D eigenvalue weighted by atomic mass is 32.2. The minimum Gasteiger partial charge on any atom is -0.354 e. The van der Waals surface area contributed by atoms with Crippen LogP contribution in [0.15, 0.2) is 88.7 Å². The molecule has 1 saturated heterocycles. The van der Waals surface area contributed by atoms with E-state index in [0.29, 0.717) is 13.0 Å². The van der Waals surface area contributed by atoms with Gasteiger partial charge in [0.15, 0.2) is 5.78 Å². The van der Waals surface area contributed by atoms with Crippen molar-refractivity contribution >= 4 is 29.1 Å². The molecular weight excluding hydrogens is 504 g/mol. The molecule has 0 unspecified atom stereocenters. The molecule has 0 radical (unpaired) electrons. The van der Waals surface area contributed by atoms with E-state index in [-0.39, 0.29) is 24.8 Å². The maximum atomic E-state index is 13.3. The Balaban J connectivity index is 1.23. The van der Waals surface area contributed by atoms with Gasteiger partial charge in [0, 0.05) is 48.9 Å². The molecule has 0 aromatic heterocycles. The minimum atomic E-state index is -0.0449. The number of hydrogen-bond donors (Lipinski definition) is 1. The van der Waals surface area contributed by atoms with Crippen LogP contribution in [0.4, 0.5) is 5.69 Å². The van der Waals surface area contributed by atoms with E-state index >= 15 is 0 Å². The second kappa shape index (κ2) is 13.8. The van der Waals surface area contributed by atoms with Gasteiger partial charge in [0.2, 0.25) is 5.91 Å². The average Bonchev–Trinajstić information content (AvgIpc) is 3.62. The number of hydrogen-bond acceptors (Lipinski definition) is 6. The molecule has 0 saturated carbocycles. The number of para-hydroxylation sites is 1. The first-order chi connectivity index (χ1) is 19.1. The van der Waals surface area contributed by atoms with Gasteiger partial charge in [0.25, 0.3) is 0 Å². The van der Waals surface area contributed by atoms with Crippen molar-refractivity contribution in [1.82, 2.24) is 15.1 Å². The van der Waals surface area contributed by atoms with Crippen LogP contribution < -0.4 is 10.2 Å². The van der Waals surface area contributed by atoms with E-state index in [2.05, 4.69) is 57.6 Å². The van der Waals surface area contributed by atoms with Gasteiger partial charge in [-0.1, -0.05) is 66.4 Å². The van der Waals surface area contributed by atoms with Crippen molar-refractivity contribution in [2.45, 2.75) is 42.1 Å². The number of likely N-dealkylation sites (tertiary alicyclic amines) is 1. The van der Waals surface area contributed by atoms with E-state index in [1.807, 2.05) is 41.3 Å². The fourth-order valence-electron chi connectivity index (χ4n) is 5.37. The number of carbonyl (C=O) groups excluding carboxylic acids is 2. The summed E-state index contributed by atoms with van der Waals surface area (Å²) >= 11 is 1.66. The zero-order chi connectivity index (χ0) is 26.9. The standard InChI is InChI=1S/C32H38N4O2S/c37-28(16-20-35-22-26-10-4-5-11-27(26)23-35)24-36(25-32(38)33-17-21-34-18-8-9-19-34)30-14-6-7-15-31(30)39-29-12-2-1-3-13-29/h1-7,10-15H,8-9,16-25H2,(H,33,38). The van der Waals surface area contributed by atoms with Gasteiger partial charge in [-0.25, -0.2) is 0 Å². The SMILES string of the molecule is O=C(CCN1Cc2ccccc2C1)CN(CC(=O)NCCN1CCCC1)c1ccccc1Sc1ccccc1. The molecule has 3 aromatic carbocycles. The molecule has 0 spiro atoms. The molecule has 1 N–H and O–H groups in total. The maximum absolute atomic E-state index is 13.3. The molecule has 2 aliphatic heterocycles. The number of amides is 1. The average molecular weight is 543 g/mol. The third-order valence-electron chi connectivity index (χ3n) is 7.44. The Labute approximate surface area is 236 Å². The Morgan fingerprint density at radius 2 is 1.44 bits per heavy atom. The van der Waals surface area contributed by atoms with Crippen LogP contribution >= 0.6 is 11.8 Å². The summed E-state index contributed by atoms with van der Waals surface area (Å²) in [6.07, 6.45) is 2.95. The van der Waals surface area contributed by atoms with Gasteiger partial charge in [-0.05, 0) is 61.3 Å². The third kappa shape index (κ3) is 7.94. The Morgan fingerprint density at radius 1 is 0.769 bits per heavy atom. The van der Waals surface area contributed by atoms with E-state index in [1.165, 1.54) is 24.0 Å². The van der Waals surface area contributed by atoms with E-state index in [4.69, 9.17) is 0 Å². The fraction of sp³-hybridized carbons (Fsp3) is 0.375. The van der Waals surface area contributed by atoms with Gasteiger partial charge < -0.3 is 15.1 Å². The Kier molecular flexibility index (Phi) is 9.70. The minimum absolute atomic E-state index is 0.0449. The van der Waals surface area contributed by atoms with Crippen LogP contribution in [0.3, 0.4) is 0 Å². The molecule has 39 heavy (non-hydrogen) atoms. The molecule has 6 nitrogen and oxygen atoms in total. The first-order valence-corrected chi connectivity index (χ1v) is 14.8. The van der Waals surface area contributed by atoms with Crippen molar-refractivity contribution in [2.24, 2.45) is 0 Å². The van der Waals surface area contributed by atoms with Gasteiger partial charge >= 0.3 is 0 Å². The van der Waals surface area contributed by atoms with Crippen molar-refractivity contribution in [1.29, 1.82) is 0 Å². The maximum Gasteiger partial charge on any atom is 0.239 e. The molecule has 2 heterocycles. The molecule has 0 bridgehead atoms. The number of Topliss-reactive ketones (excluding diaryl/α,β-unsaturated/α-hetero) is 1. The molecule has 2 aliphatic rings. The van der Waals surface area contributed by atoms with Crippen molar-refractivity contribution in [3.05, 3.63) is 90.0 Å². The first kappa shape index (κ1) is 27.4. The lowest BCUT2D eigenvalue weighted by Crippen LogP contribution is -2.42. The van der Waals surface area contributed by atoms with Crippen LogP contribution in [0.5, 0.6) is 0 Å². The number of carbonyl (C=O) groups is 2. The van der Waals surface area contributed by atoms with Crippen molar-refractivity contribution < 1.29 is 9.59 Å². The fourth-order valence-corrected chi connectivity index (χ4v) is 6.37. The summed E-state index contributed by atoms with van der Waals surface area (Å²) in [5, 5.41) is 3.09. The number of ketones is 1. The van der Waals surface area contributed by atoms with E-state index in [0.717, 1.165) is 54.7 Å². The highest BCUT2D eigenvalue weighted by molar-refractivity contribution is 7.99. The normalized spacial score (nSPS) is 15.3. The second-order valence-electron chi connectivity index (χ2n) is 10.4. The summed E-state index contributed by atoms with van der Waals surface area (Å²) in [4.78, 5) is 35.2. The zero-order valence-corrected chi connectivity index (χ0v) is 23.4. The van der Waals surface area contributed by atoms with Gasteiger partial charge in [0.1, 0.15) is 0 Å². The molecule has 0 atom stereocenters. The summed E-state index contributed by atoms with van der Waals surface area (Å²) in [6, 6.07) is 26.8. The van der Waals surface area contributed by atoms with Crippen molar-refractivity contribution in [3.8, 4) is 0 Å². The van der Waals surface area contributed by atoms with Gasteiger partial charge in [-0.15, -0.1) is 0 Å². The van der Waals surface area contributed by atoms with Crippen LogP contribution in [0.25, 0.3) is 0 Å². The number of fused-ring (bicyclic) bond motifs is 1. The van der Waals surface area contributed by atoms with Crippen molar-refractivity contribution in [2.75, 3.05) is 50.7 Å². The van der Waals surface area contributed by atoms with Crippen LogP contribution in [0, 0.1) is 0 Å². The summed E-state index contributed by atoms with van der Waals surface area (Å²) in [5.74, 6) is 0.104. The summed E-state index contributed by atoms with van der Waals surface area (Å²) < 4.78 is 0. The Bertz CT molecular complexity index is 1220. The molecule has 1 amide bonds. The number of benzene rings is 3. The quantitative estimate of drug-likeness (QED) is 0.334. The van der Waals surface area contributed by atoms with Gasteiger partial charge in [0.05, 0.1) is 18.8 Å². The molecule has 204 valence electrons. The van der Waals surface area contributed by atoms with Gasteiger partial charge in [-0.3, -0.25) is 14.5 Å². The monoisotopic (exact) mass is 542 g/mol. The van der Waals surface area contributed by atoms with Crippen LogP contribution in [0.1, 0.15) is 30.4 Å².